The molecule has 2 aromatic carbocycles. The number of non-ortho nitro benzene ring substituents is 1. The summed E-state index contributed by atoms with van der Waals surface area (Å²) in [7, 11) is 3.92. The Morgan fingerprint density at radius 3 is 2.64 bits per heavy atom. The highest BCUT2D eigenvalue weighted by atomic mass is 16.6. The van der Waals surface area contributed by atoms with Gasteiger partial charge < -0.3 is 10.2 Å². The van der Waals surface area contributed by atoms with Crippen LogP contribution in [0.1, 0.15) is 5.56 Å². The van der Waals surface area contributed by atoms with E-state index in [-0.39, 0.29) is 10.6 Å². The first-order chi connectivity index (χ1) is 13.5. The van der Waals surface area contributed by atoms with Gasteiger partial charge in [0, 0.05) is 38.3 Å². The van der Waals surface area contributed by atoms with Crippen molar-refractivity contribution >= 4 is 39.0 Å². The predicted octanol–water partition coefficient (Wildman–Crippen LogP) is 4.37. The Labute approximate surface area is 161 Å². The molecule has 0 radical (unpaired) electrons. The van der Waals surface area contributed by atoms with E-state index in [1.165, 1.54) is 6.07 Å². The molecule has 7 heteroatoms. The maximum absolute atomic E-state index is 11.3. The first kappa shape index (κ1) is 17.7. The van der Waals surface area contributed by atoms with Crippen molar-refractivity contribution < 1.29 is 4.92 Å². The highest BCUT2D eigenvalue weighted by Gasteiger charge is 2.15. The van der Waals surface area contributed by atoms with Gasteiger partial charge in [0.15, 0.2) is 0 Å². The fourth-order valence-corrected chi connectivity index (χ4v) is 3.26. The highest BCUT2D eigenvalue weighted by molar-refractivity contribution is 5.96. The molecule has 2 aromatic heterocycles. The van der Waals surface area contributed by atoms with Crippen LogP contribution in [0.25, 0.3) is 21.8 Å². The molecular weight excluding hydrogens is 354 g/mol. The number of nitro groups is 1. The average molecular weight is 373 g/mol. The third-order valence-corrected chi connectivity index (χ3v) is 4.66. The molecule has 4 rings (SSSR count). The van der Waals surface area contributed by atoms with Crippen LogP contribution in [0.5, 0.6) is 0 Å². The van der Waals surface area contributed by atoms with Gasteiger partial charge in [-0.1, -0.05) is 18.2 Å². The number of nitrogens with one attached hydrogen (secondary N) is 1. The van der Waals surface area contributed by atoms with E-state index < -0.39 is 0 Å². The number of pyridine rings is 2. The minimum Gasteiger partial charge on any atom is -0.379 e. The van der Waals surface area contributed by atoms with Crippen LogP contribution < -0.4 is 10.2 Å². The number of para-hydroxylation sites is 1. The normalized spacial score (nSPS) is 10.9. The molecule has 0 amide bonds. The van der Waals surface area contributed by atoms with Crippen molar-refractivity contribution in [3.63, 3.8) is 0 Å². The molecule has 28 heavy (non-hydrogen) atoms. The predicted molar refractivity (Wildman–Crippen MR) is 112 cm³/mol. The Morgan fingerprint density at radius 1 is 1.07 bits per heavy atom. The molecule has 0 fully saturated rings. The highest BCUT2D eigenvalue weighted by Crippen LogP contribution is 2.30. The van der Waals surface area contributed by atoms with Crippen molar-refractivity contribution in [3.8, 4) is 0 Å². The summed E-state index contributed by atoms with van der Waals surface area (Å²) >= 11 is 0. The molecule has 0 saturated carbocycles. The van der Waals surface area contributed by atoms with E-state index in [4.69, 9.17) is 0 Å². The lowest BCUT2D eigenvalue weighted by Crippen LogP contribution is -2.12. The van der Waals surface area contributed by atoms with Crippen molar-refractivity contribution in [2.24, 2.45) is 0 Å². The lowest BCUT2D eigenvalue weighted by Gasteiger charge is -2.16. The van der Waals surface area contributed by atoms with E-state index in [1.807, 2.05) is 43.3 Å². The lowest BCUT2D eigenvalue weighted by atomic mass is 10.1. The van der Waals surface area contributed by atoms with E-state index >= 15 is 0 Å². The van der Waals surface area contributed by atoms with Crippen molar-refractivity contribution in [2.45, 2.75) is 6.54 Å². The zero-order chi connectivity index (χ0) is 19.7. The number of benzene rings is 2. The van der Waals surface area contributed by atoms with Crippen LogP contribution in [0.3, 0.4) is 0 Å². The number of hydrogen-bond acceptors (Lipinski definition) is 6. The van der Waals surface area contributed by atoms with Gasteiger partial charge in [0.1, 0.15) is 11.3 Å². The van der Waals surface area contributed by atoms with Crippen molar-refractivity contribution in [1.29, 1.82) is 0 Å². The second-order valence-corrected chi connectivity index (χ2v) is 6.69. The Balaban J connectivity index is 1.74. The number of anilines is 2. The zero-order valence-electron chi connectivity index (χ0n) is 15.6. The van der Waals surface area contributed by atoms with Gasteiger partial charge in [-0.2, -0.15) is 0 Å². The summed E-state index contributed by atoms with van der Waals surface area (Å²) < 4.78 is 0. The molecule has 4 aromatic rings. The maximum Gasteiger partial charge on any atom is 0.278 e. The zero-order valence-corrected chi connectivity index (χ0v) is 15.6. The molecule has 0 atom stereocenters. The molecule has 1 N–H and O–H groups in total. The molecular formula is C21H19N5O2. The van der Waals surface area contributed by atoms with Crippen LogP contribution in [0.15, 0.2) is 60.8 Å². The van der Waals surface area contributed by atoms with Gasteiger partial charge in [-0.15, -0.1) is 0 Å². The molecule has 0 spiro atoms. The standard InChI is InChI=1S/C21H19N5O2/c1-25(2)20-12-14(15-6-3-4-8-17(15)24-20)13-23-18-9-10-19(26(27)28)16-7-5-11-22-21(16)18/h3-12,23H,13H2,1-2H3. The number of rotatable bonds is 5. The van der Waals surface area contributed by atoms with Gasteiger partial charge in [0.05, 0.1) is 21.5 Å². The van der Waals surface area contributed by atoms with E-state index in [2.05, 4.69) is 21.4 Å². The summed E-state index contributed by atoms with van der Waals surface area (Å²) in [6, 6.07) is 16.7. The summed E-state index contributed by atoms with van der Waals surface area (Å²) in [5.74, 6) is 0.877. The average Bonchev–Trinajstić information content (AvgIpc) is 2.71. The summed E-state index contributed by atoms with van der Waals surface area (Å²) in [5.41, 5.74) is 3.42. The Hall–Kier alpha value is -3.74. The Kier molecular flexibility index (Phi) is 4.49. The van der Waals surface area contributed by atoms with Crippen LogP contribution in [0.4, 0.5) is 17.2 Å². The van der Waals surface area contributed by atoms with E-state index in [0.29, 0.717) is 17.4 Å². The maximum atomic E-state index is 11.3. The van der Waals surface area contributed by atoms with Crippen LogP contribution in [-0.4, -0.2) is 29.0 Å². The fraction of sp³-hybridized carbons (Fsp3) is 0.143. The molecule has 0 aliphatic rings. The summed E-state index contributed by atoms with van der Waals surface area (Å²) in [4.78, 5) is 21.9. The number of aromatic nitrogens is 2. The van der Waals surface area contributed by atoms with Crippen LogP contribution in [0.2, 0.25) is 0 Å². The van der Waals surface area contributed by atoms with Crippen LogP contribution in [-0.2, 0) is 6.54 Å². The van der Waals surface area contributed by atoms with Crippen molar-refractivity contribution in [3.05, 3.63) is 76.5 Å². The SMILES string of the molecule is CN(C)c1cc(CNc2ccc([N+](=O)[O-])c3cccnc23)c2ccccc2n1. The van der Waals surface area contributed by atoms with Gasteiger partial charge in [-0.05, 0) is 35.9 Å². The molecule has 2 heterocycles. The molecule has 0 bridgehead atoms. The van der Waals surface area contributed by atoms with E-state index in [9.17, 15) is 10.1 Å². The van der Waals surface area contributed by atoms with E-state index in [0.717, 1.165) is 28.0 Å². The molecule has 7 nitrogen and oxygen atoms in total. The topological polar surface area (TPSA) is 84.2 Å². The molecule has 140 valence electrons. The first-order valence-corrected chi connectivity index (χ1v) is 8.86. The first-order valence-electron chi connectivity index (χ1n) is 8.86. The minimum atomic E-state index is -0.381. The van der Waals surface area contributed by atoms with Crippen LogP contribution in [0, 0.1) is 10.1 Å². The number of nitro benzene ring substituents is 1. The molecule has 0 unspecified atom stereocenters. The Morgan fingerprint density at radius 2 is 1.86 bits per heavy atom. The minimum absolute atomic E-state index is 0.0536. The second-order valence-electron chi connectivity index (χ2n) is 6.69. The summed E-state index contributed by atoms with van der Waals surface area (Å²) in [6.45, 7) is 0.549. The quantitative estimate of drug-likeness (QED) is 0.413. The van der Waals surface area contributed by atoms with Crippen molar-refractivity contribution in [1.82, 2.24) is 9.97 Å². The number of nitrogens with zero attached hydrogens (tertiary/aromatic N) is 4. The van der Waals surface area contributed by atoms with Gasteiger partial charge in [0.25, 0.3) is 5.69 Å². The van der Waals surface area contributed by atoms with Crippen molar-refractivity contribution in [2.75, 3.05) is 24.3 Å². The fourth-order valence-electron chi connectivity index (χ4n) is 3.26. The van der Waals surface area contributed by atoms with Crippen LogP contribution >= 0.6 is 0 Å². The third kappa shape index (κ3) is 3.18. The smallest absolute Gasteiger partial charge is 0.278 e. The lowest BCUT2D eigenvalue weighted by molar-refractivity contribution is -0.383. The third-order valence-electron chi connectivity index (χ3n) is 4.66. The second kappa shape index (κ2) is 7.11. The van der Waals surface area contributed by atoms with Gasteiger partial charge in [-0.3, -0.25) is 15.1 Å². The monoisotopic (exact) mass is 373 g/mol. The molecule has 0 aliphatic carbocycles. The van der Waals surface area contributed by atoms with Gasteiger partial charge in [0.2, 0.25) is 0 Å². The van der Waals surface area contributed by atoms with E-state index in [1.54, 1.807) is 24.4 Å². The molecule has 0 aliphatic heterocycles. The molecule has 0 saturated heterocycles. The largest absolute Gasteiger partial charge is 0.379 e. The van der Waals surface area contributed by atoms with Gasteiger partial charge >= 0.3 is 0 Å². The van der Waals surface area contributed by atoms with Gasteiger partial charge in [-0.25, -0.2) is 4.98 Å². The number of hydrogen-bond donors (Lipinski definition) is 1. The Bertz CT molecular complexity index is 1190. The summed E-state index contributed by atoms with van der Waals surface area (Å²) in [6.07, 6.45) is 1.64. The summed E-state index contributed by atoms with van der Waals surface area (Å²) in [5, 5.41) is 16.3. The number of fused-ring (bicyclic) bond motifs is 2.